The van der Waals surface area contributed by atoms with Crippen molar-refractivity contribution in [1.29, 1.82) is 0 Å². The summed E-state index contributed by atoms with van der Waals surface area (Å²) in [6.07, 6.45) is 0.900. The van der Waals surface area contributed by atoms with E-state index in [0.29, 0.717) is 12.2 Å². The summed E-state index contributed by atoms with van der Waals surface area (Å²) in [6, 6.07) is 7.74. The summed E-state index contributed by atoms with van der Waals surface area (Å²) >= 11 is 0. The van der Waals surface area contributed by atoms with Crippen LogP contribution in [-0.2, 0) is 7.05 Å². The van der Waals surface area contributed by atoms with Crippen LogP contribution in [0.5, 0.6) is 5.75 Å². The molecule has 1 heterocycles. The van der Waals surface area contributed by atoms with Gasteiger partial charge < -0.3 is 10.1 Å². The zero-order chi connectivity index (χ0) is 15.4. The van der Waals surface area contributed by atoms with E-state index >= 15 is 0 Å². The van der Waals surface area contributed by atoms with Gasteiger partial charge in [-0.05, 0) is 31.5 Å². The predicted molar refractivity (Wildman–Crippen MR) is 82.6 cm³/mol. The molecule has 112 valence electrons. The van der Waals surface area contributed by atoms with E-state index in [0.717, 1.165) is 29.0 Å². The number of carbonyl (C=O) groups excluding carboxylic acids is 1. The fourth-order valence-electron chi connectivity index (χ4n) is 2.18. The highest BCUT2D eigenvalue weighted by molar-refractivity contribution is 5.93. The van der Waals surface area contributed by atoms with Crippen LogP contribution >= 0.6 is 0 Å². The lowest BCUT2D eigenvalue weighted by atomic mass is 10.1. The summed E-state index contributed by atoms with van der Waals surface area (Å²) in [7, 11) is 3.47. The standard InChI is InChI=1S/C16H21N3O2/c1-5-8-17-16(20)13-10-14(19(3)18-13)12-9-11(2)6-7-15(12)21-4/h6-7,9-10H,5,8H2,1-4H3,(H,17,20). The number of aromatic nitrogens is 2. The molecule has 5 nitrogen and oxygen atoms in total. The van der Waals surface area contributed by atoms with E-state index in [1.807, 2.05) is 39.1 Å². The molecular weight excluding hydrogens is 266 g/mol. The first-order valence-electron chi connectivity index (χ1n) is 7.04. The third-order valence-electron chi connectivity index (χ3n) is 3.28. The molecule has 0 saturated carbocycles. The lowest BCUT2D eigenvalue weighted by Crippen LogP contribution is -2.24. The Morgan fingerprint density at radius 2 is 2.14 bits per heavy atom. The second-order valence-corrected chi connectivity index (χ2v) is 5.00. The Labute approximate surface area is 124 Å². The summed E-state index contributed by atoms with van der Waals surface area (Å²) in [6.45, 7) is 4.69. The number of nitrogens with zero attached hydrogens (tertiary/aromatic N) is 2. The van der Waals surface area contributed by atoms with Crippen LogP contribution in [0.25, 0.3) is 11.3 Å². The molecule has 0 aliphatic carbocycles. The maximum absolute atomic E-state index is 12.0. The second-order valence-electron chi connectivity index (χ2n) is 5.00. The third-order valence-corrected chi connectivity index (χ3v) is 3.28. The molecule has 0 saturated heterocycles. The lowest BCUT2D eigenvalue weighted by Gasteiger charge is -2.09. The van der Waals surface area contributed by atoms with Crippen molar-refractivity contribution < 1.29 is 9.53 Å². The van der Waals surface area contributed by atoms with E-state index in [1.165, 1.54) is 0 Å². The summed E-state index contributed by atoms with van der Waals surface area (Å²) in [5.74, 6) is 0.620. The SMILES string of the molecule is CCCNC(=O)c1cc(-c2cc(C)ccc2OC)n(C)n1. The summed E-state index contributed by atoms with van der Waals surface area (Å²) in [4.78, 5) is 12.0. The minimum absolute atomic E-state index is 0.148. The highest BCUT2D eigenvalue weighted by Crippen LogP contribution is 2.30. The summed E-state index contributed by atoms with van der Waals surface area (Å²) in [5.41, 5.74) is 3.34. The molecule has 21 heavy (non-hydrogen) atoms. The Hall–Kier alpha value is -2.30. The highest BCUT2D eigenvalue weighted by atomic mass is 16.5. The van der Waals surface area contributed by atoms with E-state index in [2.05, 4.69) is 10.4 Å². The Balaban J connectivity index is 2.39. The molecule has 2 aromatic rings. The average molecular weight is 287 g/mol. The molecule has 2 rings (SSSR count). The van der Waals surface area contributed by atoms with Crippen molar-refractivity contribution in [1.82, 2.24) is 15.1 Å². The molecule has 0 fully saturated rings. The molecule has 0 aliphatic rings. The van der Waals surface area contributed by atoms with Crippen LogP contribution < -0.4 is 10.1 Å². The van der Waals surface area contributed by atoms with E-state index in [4.69, 9.17) is 4.74 Å². The van der Waals surface area contributed by atoms with Gasteiger partial charge in [-0.15, -0.1) is 0 Å². The number of amides is 1. The minimum atomic E-state index is -0.148. The Morgan fingerprint density at radius 1 is 1.38 bits per heavy atom. The zero-order valence-corrected chi connectivity index (χ0v) is 12.9. The van der Waals surface area contributed by atoms with Gasteiger partial charge >= 0.3 is 0 Å². The Bertz CT molecular complexity index is 647. The Kier molecular flexibility index (Phi) is 4.62. The molecular formula is C16H21N3O2. The van der Waals surface area contributed by atoms with Crippen molar-refractivity contribution >= 4 is 5.91 Å². The maximum Gasteiger partial charge on any atom is 0.271 e. The van der Waals surface area contributed by atoms with Crippen molar-refractivity contribution in [2.45, 2.75) is 20.3 Å². The molecule has 0 bridgehead atoms. The van der Waals surface area contributed by atoms with Crippen LogP contribution in [-0.4, -0.2) is 29.3 Å². The minimum Gasteiger partial charge on any atom is -0.496 e. The van der Waals surface area contributed by atoms with Crippen LogP contribution in [0.3, 0.4) is 0 Å². The number of benzene rings is 1. The van der Waals surface area contributed by atoms with Gasteiger partial charge in [0.15, 0.2) is 5.69 Å². The predicted octanol–water partition coefficient (Wildman–Crippen LogP) is 2.54. The molecule has 0 atom stereocenters. The van der Waals surface area contributed by atoms with Crippen molar-refractivity contribution in [3.63, 3.8) is 0 Å². The van der Waals surface area contributed by atoms with Crippen molar-refractivity contribution in [2.75, 3.05) is 13.7 Å². The molecule has 5 heteroatoms. The van der Waals surface area contributed by atoms with Crippen LogP contribution in [0.4, 0.5) is 0 Å². The van der Waals surface area contributed by atoms with Gasteiger partial charge in [0.05, 0.1) is 12.8 Å². The molecule has 1 N–H and O–H groups in total. The topological polar surface area (TPSA) is 56.1 Å². The number of methoxy groups -OCH3 is 1. The van der Waals surface area contributed by atoms with Gasteiger partial charge in [0.25, 0.3) is 5.91 Å². The lowest BCUT2D eigenvalue weighted by molar-refractivity contribution is 0.0948. The van der Waals surface area contributed by atoms with Crippen LogP contribution in [0.15, 0.2) is 24.3 Å². The smallest absolute Gasteiger partial charge is 0.271 e. The number of rotatable bonds is 5. The van der Waals surface area contributed by atoms with Gasteiger partial charge in [-0.25, -0.2) is 0 Å². The molecule has 1 aromatic heterocycles. The van der Waals surface area contributed by atoms with Crippen molar-refractivity contribution in [2.24, 2.45) is 7.05 Å². The normalized spacial score (nSPS) is 10.5. The van der Waals surface area contributed by atoms with Gasteiger partial charge in [0.1, 0.15) is 5.75 Å². The number of nitrogens with one attached hydrogen (secondary N) is 1. The fraction of sp³-hybridized carbons (Fsp3) is 0.375. The van der Waals surface area contributed by atoms with Gasteiger partial charge in [-0.3, -0.25) is 9.48 Å². The third kappa shape index (κ3) is 3.24. The van der Waals surface area contributed by atoms with E-state index in [9.17, 15) is 4.79 Å². The van der Waals surface area contributed by atoms with Gasteiger partial charge in [0.2, 0.25) is 0 Å². The zero-order valence-electron chi connectivity index (χ0n) is 12.9. The molecule has 0 radical (unpaired) electrons. The monoisotopic (exact) mass is 287 g/mol. The largest absolute Gasteiger partial charge is 0.496 e. The number of hydrogen-bond donors (Lipinski definition) is 1. The summed E-state index contributed by atoms with van der Waals surface area (Å²) in [5, 5.41) is 7.13. The van der Waals surface area contributed by atoms with E-state index in [1.54, 1.807) is 17.9 Å². The second kappa shape index (κ2) is 6.43. The number of hydrogen-bond acceptors (Lipinski definition) is 3. The number of carbonyl (C=O) groups is 1. The van der Waals surface area contributed by atoms with E-state index < -0.39 is 0 Å². The van der Waals surface area contributed by atoms with E-state index in [-0.39, 0.29) is 5.91 Å². The van der Waals surface area contributed by atoms with Crippen molar-refractivity contribution in [3.8, 4) is 17.0 Å². The van der Waals surface area contributed by atoms with Gasteiger partial charge in [-0.1, -0.05) is 18.6 Å². The van der Waals surface area contributed by atoms with Crippen molar-refractivity contribution in [3.05, 3.63) is 35.5 Å². The first-order chi connectivity index (χ1) is 10.1. The van der Waals surface area contributed by atoms with Crippen LogP contribution in [0.1, 0.15) is 29.4 Å². The average Bonchev–Trinajstić information content (AvgIpc) is 2.86. The summed E-state index contributed by atoms with van der Waals surface area (Å²) < 4.78 is 7.11. The van der Waals surface area contributed by atoms with Gasteiger partial charge in [-0.2, -0.15) is 5.10 Å². The maximum atomic E-state index is 12.0. The van der Waals surface area contributed by atoms with Gasteiger partial charge in [0, 0.05) is 19.2 Å². The first-order valence-corrected chi connectivity index (χ1v) is 7.04. The highest BCUT2D eigenvalue weighted by Gasteiger charge is 2.16. The molecule has 1 aromatic carbocycles. The Morgan fingerprint density at radius 3 is 2.81 bits per heavy atom. The number of ether oxygens (including phenoxy) is 1. The van der Waals surface area contributed by atoms with Crippen LogP contribution in [0, 0.1) is 6.92 Å². The van der Waals surface area contributed by atoms with Crippen LogP contribution in [0.2, 0.25) is 0 Å². The molecule has 0 aliphatic heterocycles. The first kappa shape index (κ1) is 15.1. The number of aryl methyl sites for hydroxylation is 2. The quantitative estimate of drug-likeness (QED) is 0.919. The molecule has 0 unspecified atom stereocenters. The molecule has 1 amide bonds. The molecule has 0 spiro atoms. The fourth-order valence-corrected chi connectivity index (χ4v) is 2.18.